The zero-order valence-corrected chi connectivity index (χ0v) is 23.0. The number of carbonyl (C=O) groups excluding carboxylic acids is 1. The van der Waals surface area contributed by atoms with E-state index in [9.17, 15) is 4.79 Å². The Labute approximate surface area is 233 Å². The summed E-state index contributed by atoms with van der Waals surface area (Å²) in [6, 6.07) is 27.7. The molecule has 7 heteroatoms. The summed E-state index contributed by atoms with van der Waals surface area (Å²) < 4.78 is 8.25. The summed E-state index contributed by atoms with van der Waals surface area (Å²) in [5.74, 6) is 0.747. The van der Waals surface area contributed by atoms with Crippen LogP contribution >= 0.6 is 24.0 Å². The Hall–Kier alpha value is -3.68. The molecule has 5 rings (SSSR count). The number of hydrogen-bond acceptors (Lipinski definition) is 5. The van der Waals surface area contributed by atoms with Crippen molar-refractivity contribution in [2.45, 2.75) is 32.7 Å². The van der Waals surface area contributed by atoms with Crippen LogP contribution in [-0.2, 0) is 4.79 Å². The molecule has 1 aromatic heterocycles. The molecule has 5 nitrogen and oxygen atoms in total. The van der Waals surface area contributed by atoms with Crippen LogP contribution in [0, 0.1) is 0 Å². The summed E-state index contributed by atoms with van der Waals surface area (Å²) in [5, 5.41) is 4.91. The molecule has 1 amide bonds. The maximum Gasteiger partial charge on any atom is 0.266 e. The predicted molar refractivity (Wildman–Crippen MR) is 159 cm³/mol. The lowest BCUT2D eigenvalue weighted by molar-refractivity contribution is -0.123. The van der Waals surface area contributed by atoms with Gasteiger partial charge < -0.3 is 4.74 Å². The van der Waals surface area contributed by atoms with Crippen molar-refractivity contribution in [3.63, 3.8) is 0 Å². The first kappa shape index (κ1) is 25.9. The Morgan fingerprint density at radius 1 is 1.00 bits per heavy atom. The molecule has 0 N–H and O–H groups in total. The fourth-order valence-electron chi connectivity index (χ4n) is 4.31. The topological polar surface area (TPSA) is 47.4 Å². The van der Waals surface area contributed by atoms with Crippen LogP contribution in [0.15, 0.2) is 96.0 Å². The lowest BCUT2D eigenvalue weighted by Crippen LogP contribution is -2.30. The van der Waals surface area contributed by atoms with Crippen LogP contribution in [-0.4, -0.2) is 31.5 Å². The maximum absolute atomic E-state index is 13.5. The first-order valence-corrected chi connectivity index (χ1v) is 14.0. The van der Waals surface area contributed by atoms with E-state index in [-0.39, 0.29) is 11.9 Å². The molecular formula is C31H29N3O2S2. The zero-order chi connectivity index (χ0) is 26.5. The molecule has 1 aliphatic rings. The minimum absolute atomic E-state index is 0.0885. The molecule has 192 valence electrons. The second-order valence-corrected chi connectivity index (χ2v) is 10.8. The van der Waals surface area contributed by atoms with Gasteiger partial charge in [-0.25, -0.2) is 4.68 Å². The summed E-state index contributed by atoms with van der Waals surface area (Å²) >= 11 is 6.98. The summed E-state index contributed by atoms with van der Waals surface area (Å²) in [4.78, 5) is 15.8. The van der Waals surface area contributed by atoms with Gasteiger partial charge in [-0.3, -0.25) is 9.69 Å². The lowest BCUT2D eigenvalue weighted by Gasteiger charge is -2.23. The van der Waals surface area contributed by atoms with Crippen molar-refractivity contribution in [2.75, 3.05) is 6.61 Å². The van der Waals surface area contributed by atoms with Gasteiger partial charge in [0, 0.05) is 17.3 Å². The van der Waals surface area contributed by atoms with Crippen molar-refractivity contribution >= 4 is 40.3 Å². The van der Waals surface area contributed by atoms with Crippen molar-refractivity contribution in [1.29, 1.82) is 0 Å². The van der Waals surface area contributed by atoms with E-state index in [0.29, 0.717) is 15.8 Å². The van der Waals surface area contributed by atoms with Crippen LogP contribution in [0.3, 0.4) is 0 Å². The number of para-hydroxylation sites is 1. The normalized spacial score (nSPS) is 15.3. The molecule has 0 radical (unpaired) electrons. The second-order valence-electron chi connectivity index (χ2n) is 9.08. The average molecular weight is 540 g/mol. The van der Waals surface area contributed by atoms with Crippen LogP contribution in [0.4, 0.5) is 0 Å². The van der Waals surface area contributed by atoms with Gasteiger partial charge in [-0.15, -0.1) is 0 Å². The Morgan fingerprint density at radius 2 is 1.68 bits per heavy atom. The van der Waals surface area contributed by atoms with Crippen LogP contribution in [0.25, 0.3) is 23.0 Å². The second kappa shape index (κ2) is 11.8. The molecule has 38 heavy (non-hydrogen) atoms. The highest BCUT2D eigenvalue weighted by Gasteiger charge is 2.36. The molecule has 3 aromatic carbocycles. The highest BCUT2D eigenvalue weighted by molar-refractivity contribution is 8.26. The Morgan fingerprint density at radius 3 is 2.37 bits per heavy atom. The van der Waals surface area contributed by atoms with Crippen molar-refractivity contribution in [3.8, 4) is 22.7 Å². The molecular weight excluding hydrogens is 510 g/mol. The number of thioether (sulfide) groups is 1. The Balaban J connectivity index is 1.49. The van der Waals surface area contributed by atoms with E-state index in [4.69, 9.17) is 22.1 Å². The van der Waals surface area contributed by atoms with Gasteiger partial charge in [0.25, 0.3) is 5.91 Å². The van der Waals surface area contributed by atoms with Crippen LogP contribution < -0.4 is 4.74 Å². The van der Waals surface area contributed by atoms with Crippen molar-refractivity contribution in [2.24, 2.45) is 0 Å². The van der Waals surface area contributed by atoms with Gasteiger partial charge in [0.05, 0.1) is 28.9 Å². The van der Waals surface area contributed by atoms with Gasteiger partial charge in [-0.1, -0.05) is 85.9 Å². The molecule has 1 saturated heterocycles. The third-order valence-electron chi connectivity index (χ3n) is 6.44. The Bertz CT molecular complexity index is 1450. The minimum atomic E-state index is -0.152. The average Bonchev–Trinajstić information content (AvgIpc) is 3.50. The van der Waals surface area contributed by atoms with Gasteiger partial charge in [0.1, 0.15) is 10.1 Å². The quantitative estimate of drug-likeness (QED) is 0.124. The monoisotopic (exact) mass is 539 g/mol. The highest BCUT2D eigenvalue weighted by Crippen LogP contribution is 2.39. The first-order chi connectivity index (χ1) is 18.5. The van der Waals surface area contributed by atoms with Crippen LogP contribution in [0.5, 0.6) is 5.75 Å². The van der Waals surface area contributed by atoms with Crippen LogP contribution in [0.2, 0.25) is 0 Å². The highest BCUT2D eigenvalue weighted by atomic mass is 32.2. The molecule has 0 saturated carbocycles. The molecule has 2 heterocycles. The molecule has 1 fully saturated rings. The number of unbranched alkanes of at least 4 members (excludes halogenated alkanes) is 1. The Kier molecular flexibility index (Phi) is 8.05. The number of amides is 1. The molecule has 1 aliphatic heterocycles. The molecule has 0 aliphatic carbocycles. The van der Waals surface area contributed by atoms with Gasteiger partial charge in [0.15, 0.2) is 0 Å². The lowest BCUT2D eigenvalue weighted by atomic mass is 10.1. The van der Waals surface area contributed by atoms with E-state index < -0.39 is 0 Å². The fourth-order valence-corrected chi connectivity index (χ4v) is 5.72. The SMILES string of the molecule is CCCCOc1ccc(-c2nn(-c3ccccc3)cc2C=C2SC(=S)N(C(C)c3ccccc3)C2=O)cc1. The smallest absolute Gasteiger partial charge is 0.266 e. The van der Waals surface area contributed by atoms with Crippen molar-refractivity contribution in [1.82, 2.24) is 14.7 Å². The number of thiocarbonyl (C=S) groups is 1. The summed E-state index contributed by atoms with van der Waals surface area (Å²) in [6.07, 6.45) is 5.98. The van der Waals surface area contributed by atoms with Crippen LogP contribution in [0.1, 0.15) is 43.9 Å². The molecule has 1 unspecified atom stereocenters. The van der Waals surface area contributed by atoms with Gasteiger partial charge in [-0.2, -0.15) is 5.10 Å². The molecule has 0 spiro atoms. The minimum Gasteiger partial charge on any atom is -0.494 e. The third-order valence-corrected chi connectivity index (χ3v) is 7.77. The fraction of sp³-hybridized carbons (Fsp3) is 0.194. The number of ether oxygens (including phenoxy) is 1. The zero-order valence-electron chi connectivity index (χ0n) is 21.4. The number of nitrogens with zero attached hydrogens (tertiary/aromatic N) is 3. The summed E-state index contributed by atoms with van der Waals surface area (Å²) in [7, 11) is 0. The standard InChI is InChI=1S/C31H29N3O2S2/c1-3-4-19-36-27-17-15-24(16-18-27)29-25(21-33(32-29)26-13-9-6-10-14-26)20-28-30(35)34(31(37)38-28)22(2)23-11-7-5-8-12-23/h5-18,20-22H,3-4,19H2,1-2H3. The largest absolute Gasteiger partial charge is 0.494 e. The van der Waals surface area contributed by atoms with Gasteiger partial charge in [0.2, 0.25) is 0 Å². The molecule has 4 aromatic rings. The first-order valence-electron chi connectivity index (χ1n) is 12.8. The van der Waals surface area contributed by atoms with Crippen molar-refractivity contribution in [3.05, 3.63) is 107 Å². The van der Waals surface area contributed by atoms with E-state index in [1.165, 1.54) is 11.8 Å². The molecule has 1 atom stereocenters. The molecule has 0 bridgehead atoms. The van der Waals surface area contributed by atoms with Crippen molar-refractivity contribution < 1.29 is 9.53 Å². The van der Waals surface area contributed by atoms with E-state index in [1.54, 1.807) is 4.90 Å². The van der Waals surface area contributed by atoms with Gasteiger partial charge >= 0.3 is 0 Å². The van der Waals surface area contributed by atoms with Gasteiger partial charge in [-0.05, 0) is 61.4 Å². The van der Waals surface area contributed by atoms with E-state index >= 15 is 0 Å². The van der Waals surface area contributed by atoms with E-state index in [1.807, 2.05) is 109 Å². The number of rotatable bonds is 9. The third kappa shape index (κ3) is 5.59. The van der Waals surface area contributed by atoms with E-state index in [2.05, 4.69) is 6.92 Å². The number of hydrogen-bond donors (Lipinski definition) is 0. The number of aromatic nitrogens is 2. The summed E-state index contributed by atoms with van der Waals surface area (Å²) in [5.41, 5.74) is 4.57. The van der Waals surface area contributed by atoms with E-state index in [0.717, 1.165) is 46.7 Å². The predicted octanol–water partition coefficient (Wildman–Crippen LogP) is 7.68. The maximum atomic E-state index is 13.5. The number of carbonyl (C=O) groups is 1. The summed E-state index contributed by atoms with van der Waals surface area (Å²) in [6.45, 7) is 4.85. The number of benzene rings is 3.